The van der Waals surface area contributed by atoms with Gasteiger partial charge in [0, 0.05) is 33.5 Å². The highest BCUT2D eigenvalue weighted by molar-refractivity contribution is 7.20. The standard InChI is InChI=1S/C23H20N4O2S/c1-13-18(15-8-5-9-16(21(24)28)20(15)30-13)22-26-17-10-11-29-19(17)23(27-22)25-12-14-6-3-2-4-7-14/h2-9H,10-12H2,1H3,(H2,24,28)(H,25,26,27). The van der Waals surface area contributed by atoms with Crippen molar-refractivity contribution in [2.75, 3.05) is 11.9 Å². The zero-order chi connectivity index (χ0) is 20.7. The quantitative estimate of drug-likeness (QED) is 0.506. The Balaban J connectivity index is 1.61. The van der Waals surface area contributed by atoms with Crippen LogP contribution in [0.4, 0.5) is 5.82 Å². The molecular weight excluding hydrogens is 396 g/mol. The summed E-state index contributed by atoms with van der Waals surface area (Å²) in [5, 5.41) is 4.36. The SMILES string of the molecule is Cc1sc2c(C(N)=O)cccc2c1-c1nc2c(c(NCc3ccccc3)n1)OCC2. The second kappa shape index (κ2) is 7.42. The van der Waals surface area contributed by atoms with Crippen LogP contribution in [0, 0.1) is 6.92 Å². The lowest BCUT2D eigenvalue weighted by Crippen LogP contribution is -2.10. The fourth-order valence-electron chi connectivity index (χ4n) is 3.79. The molecule has 0 fully saturated rings. The number of carbonyl (C=O) groups excluding carboxylic acids is 1. The molecule has 3 heterocycles. The van der Waals surface area contributed by atoms with Gasteiger partial charge in [-0.3, -0.25) is 4.79 Å². The Hall–Kier alpha value is -3.45. The van der Waals surface area contributed by atoms with Gasteiger partial charge in [-0.05, 0) is 18.6 Å². The van der Waals surface area contributed by atoms with Crippen LogP contribution >= 0.6 is 11.3 Å². The second-order valence-corrected chi connectivity index (χ2v) is 8.41. The fourth-order valence-corrected chi connectivity index (χ4v) is 4.96. The third-order valence-electron chi connectivity index (χ3n) is 5.20. The summed E-state index contributed by atoms with van der Waals surface area (Å²) in [6.45, 7) is 3.26. The first-order chi connectivity index (χ1) is 14.6. The van der Waals surface area contributed by atoms with Gasteiger partial charge >= 0.3 is 0 Å². The summed E-state index contributed by atoms with van der Waals surface area (Å²) >= 11 is 1.55. The van der Waals surface area contributed by atoms with Crippen molar-refractivity contribution in [1.82, 2.24) is 9.97 Å². The van der Waals surface area contributed by atoms with Crippen LogP contribution in [-0.4, -0.2) is 22.5 Å². The zero-order valence-electron chi connectivity index (χ0n) is 16.4. The van der Waals surface area contributed by atoms with E-state index in [9.17, 15) is 4.79 Å². The van der Waals surface area contributed by atoms with Gasteiger partial charge in [-0.2, -0.15) is 0 Å². The molecule has 0 aliphatic carbocycles. The zero-order valence-corrected chi connectivity index (χ0v) is 17.3. The molecule has 4 aromatic rings. The van der Waals surface area contributed by atoms with Crippen molar-refractivity contribution in [2.24, 2.45) is 5.73 Å². The molecule has 0 spiro atoms. The number of benzene rings is 2. The van der Waals surface area contributed by atoms with E-state index < -0.39 is 5.91 Å². The Morgan fingerprint density at radius 3 is 2.80 bits per heavy atom. The second-order valence-electron chi connectivity index (χ2n) is 7.19. The van der Waals surface area contributed by atoms with Crippen LogP contribution in [-0.2, 0) is 13.0 Å². The van der Waals surface area contributed by atoms with Gasteiger partial charge in [0.25, 0.3) is 0 Å². The number of anilines is 1. The maximum atomic E-state index is 11.9. The summed E-state index contributed by atoms with van der Waals surface area (Å²) in [6, 6.07) is 15.8. The Morgan fingerprint density at radius 2 is 2.00 bits per heavy atom. The number of carbonyl (C=O) groups is 1. The first-order valence-electron chi connectivity index (χ1n) is 9.75. The molecule has 1 aliphatic heterocycles. The van der Waals surface area contributed by atoms with Gasteiger partial charge in [-0.1, -0.05) is 42.5 Å². The minimum absolute atomic E-state index is 0.429. The molecule has 0 saturated heterocycles. The van der Waals surface area contributed by atoms with Crippen LogP contribution in [0.15, 0.2) is 48.5 Å². The largest absolute Gasteiger partial charge is 0.487 e. The van der Waals surface area contributed by atoms with Crippen LogP contribution in [0.3, 0.4) is 0 Å². The highest BCUT2D eigenvalue weighted by Gasteiger charge is 2.24. The van der Waals surface area contributed by atoms with Crippen molar-refractivity contribution in [1.29, 1.82) is 0 Å². The van der Waals surface area contributed by atoms with Gasteiger partial charge in [-0.25, -0.2) is 9.97 Å². The Labute approximate surface area is 177 Å². The minimum atomic E-state index is -0.429. The van der Waals surface area contributed by atoms with E-state index >= 15 is 0 Å². The predicted octanol–water partition coefficient (Wildman–Crippen LogP) is 4.31. The molecule has 1 amide bonds. The molecule has 3 N–H and O–H groups in total. The summed E-state index contributed by atoms with van der Waals surface area (Å²) in [5.41, 5.74) is 9.11. The smallest absolute Gasteiger partial charge is 0.250 e. The number of hydrogen-bond acceptors (Lipinski definition) is 6. The number of nitrogens with zero attached hydrogens (tertiary/aromatic N) is 2. The van der Waals surface area contributed by atoms with Gasteiger partial charge < -0.3 is 15.8 Å². The maximum absolute atomic E-state index is 11.9. The molecular formula is C23H20N4O2S. The lowest BCUT2D eigenvalue weighted by Gasteiger charge is -2.12. The lowest BCUT2D eigenvalue weighted by atomic mass is 10.1. The van der Waals surface area contributed by atoms with Gasteiger partial charge in [-0.15, -0.1) is 11.3 Å². The summed E-state index contributed by atoms with van der Waals surface area (Å²) in [5.74, 6) is 1.63. The van der Waals surface area contributed by atoms with Gasteiger partial charge in [0.05, 0.1) is 17.9 Å². The highest BCUT2D eigenvalue weighted by atomic mass is 32.1. The number of primary amides is 1. The number of fused-ring (bicyclic) bond motifs is 2. The van der Waals surface area contributed by atoms with Crippen molar-refractivity contribution in [3.05, 3.63) is 70.2 Å². The molecule has 1 aliphatic rings. The third kappa shape index (κ3) is 3.17. The summed E-state index contributed by atoms with van der Waals surface area (Å²) in [4.78, 5) is 22.6. The van der Waals surface area contributed by atoms with Crippen LogP contribution in [0.2, 0.25) is 0 Å². The molecule has 0 unspecified atom stereocenters. The lowest BCUT2D eigenvalue weighted by molar-refractivity contribution is 0.100. The Kier molecular flexibility index (Phi) is 4.59. The normalized spacial score (nSPS) is 12.6. The molecule has 7 heteroatoms. The number of thiophene rings is 1. The average Bonchev–Trinajstić information content (AvgIpc) is 3.35. The van der Waals surface area contributed by atoms with Crippen LogP contribution in [0.25, 0.3) is 21.5 Å². The van der Waals surface area contributed by atoms with E-state index in [0.29, 0.717) is 30.4 Å². The molecule has 30 heavy (non-hydrogen) atoms. The fraction of sp³-hybridized carbons (Fsp3) is 0.174. The first-order valence-corrected chi connectivity index (χ1v) is 10.6. The molecule has 2 aromatic carbocycles. The number of aromatic nitrogens is 2. The van der Waals surface area contributed by atoms with E-state index in [1.54, 1.807) is 17.4 Å². The highest BCUT2D eigenvalue weighted by Crippen LogP contribution is 2.41. The van der Waals surface area contributed by atoms with Crippen molar-refractivity contribution >= 4 is 33.1 Å². The minimum Gasteiger partial charge on any atom is -0.487 e. The molecule has 0 bridgehead atoms. The number of rotatable bonds is 5. The Morgan fingerprint density at radius 1 is 1.17 bits per heavy atom. The van der Waals surface area contributed by atoms with E-state index in [4.69, 9.17) is 20.4 Å². The molecule has 0 radical (unpaired) electrons. The first kappa shape index (κ1) is 18.6. The van der Waals surface area contributed by atoms with E-state index in [2.05, 4.69) is 17.4 Å². The monoisotopic (exact) mass is 416 g/mol. The third-order valence-corrected chi connectivity index (χ3v) is 6.36. The number of nitrogens with one attached hydrogen (secondary N) is 1. The van der Waals surface area contributed by atoms with E-state index in [1.807, 2.05) is 37.3 Å². The topological polar surface area (TPSA) is 90.1 Å². The van der Waals surface area contributed by atoms with E-state index in [0.717, 1.165) is 44.0 Å². The molecule has 5 rings (SSSR count). The van der Waals surface area contributed by atoms with Crippen molar-refractivity contribution in [3.63, 3.8) is 0 Å². The number of ether oxygens (including phenoxy) is 1. The molecule has 0 saturated carbocycles. The predicted molar refractivity (Wildman–Crippen MR) is 119 cm³/mol. The van der Waals surface area contributed by atoms with E-state index in [1.165, 1.54) is 0 Å². The average molecular weight is 417 g/mol. The summed E-state index contributed by atoms with van der Waals surface area (Å²) in [6.07, 6.45) is 0.749. The molecule has 150 valence electrons. The number of aryl methyl sites for hydroxylation is 1. The molecule has 0 atom stereocenters. The van der Waals surface area contributed by atoms with Crippen LogP contribution in [0.5, 0.6) is 5.75 Å². The number of amides is 1. The van der Waals surface area contributed by atoms with Crippen LogP contribution in [0.1, 0.15) is 26.5 Å². The van der Waals surface area contributed by atoms with Crippen molar-refractivity contribution < 1.29 is 9.53 Å². The van der Waals surface area contributed by atoms with Gasteiger partial charge in [0.2, 0.25) is 5.91 Å². The van der Waals surface area contributed by atoms with E-state index in [-0.39, 0.29) is 0 Å². The maximum Gasteiger partial charge on any atom is 0.250 e. The number of nitrogens with two attached hydrogens (primary N) is 1. The molecule has 2 aromatic heterocycles. The Bertz CT molecular complexity index is 1270. The van der Waals surface area contributed by atoms with Gasteiger partial charge in [0.15, 0.2) is 17.4 Å². The van der Waals surface area contributed by atoms with Gasteiger partial charge in [0.1, 0.15) is 0 Å². The molecule has 6 nitrogen and oxygen atoms in total. The number of hydrogen-bond donors (Lipinski definition) is 2. The van der Waals surface area contributed by atoms with Crippen molar-refractivity contribution in [2.45, 2.75) is 19.9 Å². The van der Waals surface area contributed by atoms with Crippen molar-refractivity contribution in [3.8, 4) is 17.1 Å². The summed E-state index contributed by atoms with van der Waals surface area (Å²) < 4.78 is 6.68. The summed E-state index contributed by atoms with van der Waals surface area (Å²) in [7, 11) is 0. The van der Waals surface area contributed by atoms with Crippen LogP contribution < -0.4 is 15.8 Å².